The van der Waals surface area contributed by atoms with Crippen LogP contribution < -0.4 is 0 Å². The third-order valence-corrected chi connectivity index (χ3v) is 4.20. The molecule has 2 heteroatoms. The molecular formula is C14H26O2. The molecule has 0 aromatic carbocycles. The van der Waals surface area contributed by atoms with Crippen molar-refractivity contribution >= 4 is 5.97 Å². The summed E-state index contributed by atoms with van der Waals surface area (Å²) >= 11 is 0. The number of hydrogen-bond acceptors (Lipinski definition) is 2. The van der Waals surface area contributed by atoms with E-state index in [9.17, 15) is 4.79 Å². The Morgan fingerprint density at radius 3 is 2.38 bits per heavy atom. The summed E-state index contributed by atoms with van der Waals surface area (Å²) in [5, 5.41) is 0. The molecule has 0 radical (unpaired) electrons. The lowest BCUT2D eigenvalue weighted by atomic mass is 9.69. The van der Waals surface area contributed by atoms with Crippen molar-refractivity contribution in [3.05, 3.63) is 0 Å². The lowest BCUT2D eigenvalue weighted by Gasteiger charge is -2.38. The highest BCUT2D eigenvalue weighted by atomic mass is 16.5. The fourth-order valence-electron chi connectivity index (χ4n) is 3.00. The van der Waals surface area contributed by atoms with Gasteiger partial charge in [-0.15, -0.1) is 0 Å². The lowest BCUT2D eigenvalue weighted by Crippen LogP contribution is -2.34. The van der Waals surface area contributed by atoms with Gasteiger partial charge in [0.1, 0.15) is 6.10 Å². The van der Waals surface area contributed by atoms with Gasteiger partial charge in [-0.3, -0.25) is 4.79 Å². The zero-order chi connectivity index (χ0) is 12.3. The summed E-state index contributed by atoms with van der Waals surface area (Å²) < 4.78 is 5.35. The Morgan fingerprint density at radius 2 is 1.88 bits per heavy atom. The van der Waals surface area contributed by atoms with Crippen molar-refractivity contribution in [3.8, 4) is 0 Å². The molecule has 0 saturated heterocycles. The summed E-state index contributed by atoms with van der Waals surface area (Å²) in [5.74, 6) is 2.64. The summed E-state index contributed by atoms with van der Waals surface area (Å²) in [5.41, 5.74) is 0. The molecule has 0 aromatic heterocycles. The molecule has 1 fully saturated rings. The van der Waals surface area contributed by atoms with E-state index < -0.39 is 0 Å². The van der Waals surface area contributed by atoms with Crippen LogP contribution in [0.5, 0.6) is 0 Å². The predicted octanol–water partition coefficient (Wildman–Crippen LogP) is 3.65. The second kappa shape index (κ2) is 5.70. The van der Waals surface area contributed by atoms with Crippen LogP contribution in [0.25, 0.3) is 0 Å². The average molecular weight is 226 g/mol. The largest absolute Gasteiger partial charge is 0.463 e. The highest BCUT2D eigenvalue weighted by Gasteiger charge is 2.33. The molecule has 1 rings (SSSR count). The van der Waals surface area contributed by atoms with Gasteiger partial charge in [-0.1, -0.05) is 27.2 Å². The van der Waals surface area contributed by atoms with Gasteiger partial charge in [0, 0.05) is 6.92 Å². The molecule has 2 nitrogen and oxygen atoms in total. The Labute approximate surface area is 99.8 Å². The van der Waals surface area contributed by atoms with Crippen LogP contribution in [0.4, 0.5) is 0 Å². The molecule has 0 aliphatic heterocycles. The van der Waals surface area contributed by atoms with Crippen LogP contribution in [0.3, 0.4) is 0 Å². The fraction of sp³-hybridized carbons (Fsp3) is 0.929. The molecule has 0 aromatic rings. The first-order valence-electron chi connectivity index (χ1n) is 6.59. The van der Waals surface area contributed by atoms with Gasteiger partial charge in [0.2, 0.25) is 0 Å². The Balaban J connectivity index is 2.58. The monoisotopic (exact) mass is 226 g/mol. The number of rotatable bonds is 3. The molecule has 0 bridgehead atoms. The van der Waals surface area contributed by atoms with Crippen LogP contribution in [0.15, 0.2) is 0 Å². The standard InChI is InChI=1S/C14H26O2/c1-9(2)13-7-6-10(3)14(8-13)11(4)16-12(5)15/h9-11,13-14H,6-8H2,1-5H3. The van der Waals surface area contributed by atoms with E-state index in [0.29, 0.717) is 11.8 Å². The topological polar surface area (TPSA) is 26.3 Å². The van der Waals surface area contributed by atoms with Crippen LogP contribution in [-0.2, 0) is 9.53 Å². The Morgan fingerprint density at radius 1 is 1.25 bits per heavy atom. The maximum Gasteiger partial charge on any atom is 0.302 e. The van der Waals surface area contributed by atoms with E-state index in [4.69, 9.17) is 4.74 Å². The van der Waals surface area contributed by atoms with Gasteiger partial charge in [0.15, 0.2) is 0 Å². The molecule has 94 valence electrons. The van der Waals surface area contributed by atoms with Gasteiger partial charge in [0.25, 0.3) is 0 Å². The van der Waals surface area contributed by atoms with E-state index in [0.717, 1.165) is 11.8 Å². The molecule has 0 N–H and O–H groups in total. The molecule has 1 aliphatic rings. The van der Waals surface area contributed by atoms with E-state index in [-0.39, 0.29) is 12.1 Å². The van der Waals surface area contributed by atoms with Gasteiger partial charge < -0.3 is 4.74 Å². The summed E-state index contributed by atoms with van der Waals surface area (Å²) in [6, 6.07) is 0. The van der Waals surface area contributed by atoms with E-state index in [2.05, 4.69) is 20.8 Å². The quantitative estimate of drug-likeness (QED) is 0.687. The summed E-state index contributed by atoms with van der Waals surface area (Å²) in [7, 11) is 0. The number of esters is 1. The second-order valence-electron chi connectivity index (χ2n) is 5.77. The van der Waals surface area contributed by atoms with E-state index >= 15 is 0 Å². The van der Waals surface area contributed by atoms with Crippen LogP contribution in [0.2, 0.25) is 0 Å². The summed E-state index contributed by atoms with van der Waals surface area (Å²) in [6.45, 7) is 10.4. The lowest BCUT2D eigenvalue weighted by molar-refractivity contribution is -0.150. The van der Waals surface area contributed by atoms with Crippen molar-refractivity contribution in [2.24, 2.45) is 23.7 Å². The molecule has 0 spiro atoms. The SMILES string of the molecule is CC(=O)OC(C)C1CC(C(C)C)CCC1C. The maximum absolute atomic E-state index is 11.0. The molecule has 1 aliphatic carbocycles. The minimum absolute atomic E-state index is 0.0778. The molecular weight excluding hydrogens is 200 g/mol. The summed E-state index contributed by atoms with van der Waals surface area (Å²) in [6.07, 6.45) is 3.91. The van der Waals surface area contributed by atoms with Crippen molar-refractivity contribution < 1.29 is 9.53 Å². The average Bonchev–Trinajstić information content (AvgIpc) is 2.16. The number of ether oxygens (including phenoxy) is 1. The van der Waals surface area contributed by atoms with Gasteiger partial charge in [-0.05, 0) is 43.4 Å². The number of carbonyl (C=O) groups is 1. The number of hydrogen-bond donors (Lipinski definition) is 0. The maximum atomic E-state index is 11.0. The fourth-order valence-corrected chi connectivity index (χ4v) is 3.00. The smallest absolute Gasteiger partial charge is 0.302 e. The van der Waals surface area contributed by atoms with E-state index in [1.54, 1.807) is 0 Å². The van der Waals surface area contributed by atoms with Crippen LogP contribution in [0.1, 0.15) is 53.9 Å². The van der Waals surface area contributed by atoms with Crippen molar-refractivity contribution in [1.82, 2.24) is 0 Å². The first-order chi connectivity index (χ1) is 7.41. The van der Waals surface area contributed by atoms with Crippen LogP contribution in [-0.4, -0.2) is 12.1 Å². The highest BCUT2D eigenvalue weighted by molar-refractivity contribution is 5.66. The summed E-state index contributed by atoms with van der Waals surface area (Å²) in [4.78, 5) is 11.0. The molecule has 0 amide bonds. The van der Waals surface area contributed by atoms with Gasteiger partial charge in [-0.2, -0.15) is 0 Å². The van der Waals surface area contributed by atoms with E-state index in [1.807, 2.05) is 6.92 Å². The molecule has 1 saturated carbocycles. The van der Waals surface area contributed by atoms with Crippen LogP contribution in [0, 0.1) is 23.7 Å². The third-order valence-electron chi connectivity index (χ3n) is 4.20. The Bertz CT molecular complexity index is 235. The normalized spacial score (nSPS) is 32.5. The predicted molar refractivity (Wildman–Crippen MR) is 66.1 cm³/mol. The van der Waals surface area contributed by atoms with E-state index in [1.165, 1.54) is 26.2 Å². The van der Waals surface area contributed by atoms with Crippen molar-refractivity contribution in [2.45, 2.75) is 60.0 Å². The zero-order valence-corrected chi connectivity index (χ0v) is 11.3. The first-order valence-corrected chi connectivity index (χ1v) is 6.59. The minimum atomic E-state index is -0.147. The van der Waals surface area contributed by atoms with Crippen LogP contribution >= 0.6 is 0 Å². The van der Waals surface area contributed by atoms with Crippen molar-refractivity contribution in [3.63, 3.8) is 0 Å². The molecule has 4 atom stereocenters. The Hall–Kier alpha value is -0.530. The molecule has 16 heavy (non-hydrogen) atoms. The van der Waals surface area contributed by atoms with Crippen molar-refractivity contribution in [2.75, 3.05) is 0 Å². The Kier molecular flexibility index (Phi) is 4.82. The minimum Gasteiger partial charge on any atom is -0.463 e. The second-order valence-corrected chi connectivity index (χ2v) is 5.77. The first kappa shape index (κ1) is 13.5. The number of carbonyl (C=O) groups excluding carboxylic acids is 1. The van der Waals surface area contributed by atoms with Gasteiger partial charge in [-0.25, -0.2) is 0 Å². The van der Waals surface area contributed by atoms with Crippen molar-refractivity contribution in [1.29, 1.82) is 0 Å². The van der Waals surface area contributed by atoms with Gasteiger partial charge in [0.05, 0.1) is 0 Å². The zero-order valence-electron chi connectivity index (χ0n) is 11.3. The highest BCUT2D eigenvalue weighted by Crippen LogP contribution is 2.39. The van der Waals surface area contributed by atoms with Gasteiger partial charge >= 0.3 is 5.97 Å². The third kappa shape index (κ3) is 3.50. The molecule has 4 unspecified atom stereocenters. The molecule has 0 heterocycles.